The van der Waals surface area contributed by atoms with Gasteiger partial charge in [0.05, 0.1) is 12.1 Å². The fraction of sp³-hybridized carbons (Fsp3) is 0.531. The highest BCUT2D eigenvalue weighted by molar-refractivity contribution is 5.84. The van der Waals surface area contributed by atoms with Crippen molar-refractivity contribution in [1.82, 2.24) is 0 Å². The van der Waals surface area contributed by atoms with E-state index in [0.29, 0.717) is 0 Å². The van der Waals surface area contributed by atoms with Crippen LogP contribution in [0.3, 0.4) is 0 Å². The van der Waals surface area contributed by atoms with Crippen molar-refractivity contribution < 1.29 is 0 Å². The molecule has 4 aromatic carbocycles. The van der Waals surface area contributed by atoms with Gasteiger partial charge in [-0.2, -0.15) is 10.5 Å². The lowest BCUT2D eigenvalue weighted by Gasteiger charge is -2.26. The molecule has 0 N–H and O–H groups in total. The highest BCUT2D eigenvalue weighted by Crippen LogP contribution is 2.35. The second kappa shape index (κ2) is 33.2. The molecule has 70 heavy (non-hydrogen) atoms. The molecular weight excluding hydrogens is 853 g/mol. The third-order valence-corrected chi connectivity index (χ3v) is 13.8. The summed E-state index contributed by atoms with van der Waals surface area (Å²) in [5, 5.41) is 21.6. The van der Waals surface area contributed by atoms with E-state index in [0.717, 1.165) is 188 Å². The van der Waals surface area contributed by atoms with Gasteiger partial charge >= 0.3 is 0 Å². The van der Waals surface area contributed by atoms with E-state index < -0.39 is 11.8 Å². The van der Waals surface area contributed by atoms with Crippen LogP contribution in [0, 0.1) is 34.5 Å². The molecule has 4 aromatic rings. The Labute approximate surface area is 428 Å². The van der Waals surface area contributed by atoms with Crippen molar-refractivity contribution in [3.63, 3.8) is 0 Å². The Hall–Kier alpha value is -5.46. The lowest BCUT2D eigenvalue weighted by atomic mass is 9.84. The predicted octanol–water partition coefficient (Wildman–Crippen LogP) is 17.2. The molecule has 0 aliphatic heterocycles. The quantitative estimate of drug-likeness (QED) is 0.0458. The number of allylic oxidation sites excluding steroid dienone is 2. The second-order valence-corrected chi connectivity index (χ2v) is 19.4. The van der Waals surface area contributed by atoms with Crippen LogP contribution in [0.4, 0.5) is 22.7 Å². The minimum atomic E-state index is -0.906. The molecular formula is C64H92N6. The third-order valence-electron chi connectivity index (χ3n) is 13.8. The molecule has 0 atom stereocenters. The Morgan fingerprint density at radius 1 is 0.343 bits per heavy atom. The van der Waals surface area contributed by atoms with Crippen LogP contribution in [-0.2, 0) is 0 Å². The second-order valence-electron chi connectivity index (χ2n) is 19.4. The average molecular weight is 945 g/mol. The SMILES string of the molecule is CCCCN(CCCC)c1ccc(C(=CC(C=C(c2ccc(N(CCCC)CCCC)cc2)c2ccc(N(CCCC)CCCC)cc2)C(C#N)C#N)c2ccc(N(CCCC)CCCC)cc2)cc1. The van der Waals surface area contributed by atoms with Gasteiger partial charge in [-0.1, -0.05) is 167 Å². The fourth-order valence-corrected chi connectivity index (χ4v) is 9.22. The highest BCUT2D eigenvalue weighted by Gasteiger charge is 2.22. The summed E-state index contributed by atoms with van der Waals surface area (Å²) in [7, 11) is 0. The Morgan fingerprint density at radius 2 is 0.529 bits per heavy atom. The van der Waals surface area contributed by atoms with E-state index in [4.69, 9.17) is 0 Å². The van der Waals surface area contributed by atoms with Crippen molar-refractivity contribution in [2.24, 2.45) is 11.8 Å². The summed E-state index contributed by atoms with van der Waals surface area (Å²) in [6.07, 6.45) is 23.0. The maximum absolute atomic E-state index is 10.8. The fourth-order valence-electron chi connectivity index (χ4n) is 9.22. The molecule has 0 aliphatic carbocycles. The van der Waals surface area contributed by atoms with Crippen LogP contribution in [0.1, 0.15) is 180 Å². The molecule has 0 aliphatic rings. The van der Waals surface area contributed by atoms with Crippen molar-refractivity contribution in [1.29, 1.82) is 10.5 Å². The van der Waals surface area contributed by atoms with Crippen LogP contribution in [0.5, 0.6) is 0 Å². The molecule has 0 saturated carbocycles. The monoisotopic (exact) mass is 945 g/mol. The third kappa shape index (κ3) is 18.1. The topological polar surface area (TPSA) is 60.5 Å². The van der Waals surface area contributed by atoms with Crippen LogP contribution in [0.2, 0.25) is 0 Å². The van der Waals surface area contributed by atoms with E-state index in [-0.39, 0.29) is 0 Å². The van der Waals surface area contributed by atoms with Gasteiger partial charge in [-0.3, -0.25) is 0 Å². The van der Waals surface area contributed by atoms with E-state index in [1.165, 1.54) is 22.7 Å². The molecule has 0 spiro atoms. The summed E-state index contributed by atoms with van der Waals surface area (Å²) in [5.74, 6) is -1.41. The van der Waals surface area contributed by atoms with Gasteiger partial charge in [-0.15, -0.1) is 0 Å². The number of hydrogen-bond acceptors (Lipinski definition) is 6. The molecule has 0 saturated heterocycles. The number of hydrogen-bond donors (Lipinski definition) is 0. The first kappa shape index (κ1) is 57.1. The maximum atomic E-state index is 10.8. The normalized spacial score (nSPS) is 11.0. The minimum absolute atomic E-state index is 0.508. The summed E-state index contributed by atoms with van der Waals surface area (Å²) in [6.45, 7) is 26.5. The number of anilines is 4. The Bertz CT molecular complexity index is 1840. The summed E-state index contributed by atoms with van der Waals surface area (Å²) in [4.78, 5) is 10.1. The van der Waals surface area contributed by atoms with Crippen molar-refractivity contribution in [2.45, 2.75) is 158 Å². The molecule has 0 aromatic heterocycles. The predicted molar refractivity (Wildman–Crippen MR) is 306 cm³/mol. The lowest BCUT2D eigenvalue weighted by Crippen LogP contribution is -2.25. The van der Waals surface area contributed by atoms with Gasteiger partial charge in [-0.25, -0.2) is 0 Å². The summed E-state index contributed by atoms with van der Waals surface area (Å²) < 4.78 is 0. The van der Waals surface area contributed by atoms with Gasteiger partial charge in [0.15, 0.2) is 0 Å². The molecule has 0 radical (unpaired) electrons. The van der Waals surface area contributed by atoms with Gasteiger partial charge < -0.3 is 19.6 Å². The molecule has 0 heterocycles. The van der Waals surface area contributed by atoms with Crippen LogP contribution in [0.25, 0.3) is 11.1 Å². The van der Waals surface area contributed by atoms with Crippen molar-refractivity contribution in [3.8, 4) is 12.1 Å². The van der Waals surface area contributed by atoms with Crippen molar-refractivity contribution >= 4 is 33.9 Å². The van der Waals surface area contributed by atoms with E-state index in [1.54, 1.807) is 0 Å². The Balaban J connectivity index is 1.98. The van der Waals surface area contributed by atoms with E-state index in [1.807, 2.05) is 0 Å². The zero-order valence-corrected chi connectivity index (χ0v) is 45.2. The van der Waals surface area contributed by atoms with Crippen molar-refractivity contribution in [3.05, 3.63) is 131 Å². The molecule has 4 rings (SSSR count). The standard InChI is InChI=1S/C64H92N6/c1-9-17-41-67(42-18-10-2)59-33-25-53(26-34-59)63(54-27-35-60(36-28-54)68(43-19-11-3)44-20-12-4)49-57(58(51-65)52-66)50-64(55-29-37-61(38-30-55)69(45-21-13-5)46-22-14-6)56-31-39-62(40-32-56)70(47-23-15-7)48-24-16-8/h25-40,49-50,57-58H,9-24,41-48H2,1-8H3. The van der Waals surface area contributed by atoms with Crippen LogP contribution in [-0.4, -0.2) is 52.4 Å². The van der Waals surface area contributed by atoms with Gasteiger partial charge in [0, 0.05) is 81.0 Å². The molecule has 6 nitrogen and oxygen atoms in total. The van der Waals surface area contributed by atoms with Crippen LogP contribution < -0.4 is 19.6 Å². The molecule has 0 amide bonds. The Morgan fingerprint density at radius 3 is 0.686 bits per heavy atom. The molecule has 378 valence electrons. The van der Waals surface area contributed by atoms with Gasteiger partial charge in [0.2, 0.25) is 0 Å². The van der Waals surface area contributed by atoms with E-state index >= 15 is 0 Å². The number of unbranched alkanes of at least 4 members (excludes halogenated alkanes) is 8. The largest absolute Gasteiger partial charge is 0.372 e. The number of nitrogens with zero attached hydrogens (tertiary/aromatic N) is 6. The van der Waals surface area contributed by atoms with Gasteiger partial charge in [-0.05, 0) is 133 Å². The first-order chi connectivity index (χ1) is 34.3. The first-order valence-corrected chi connectivity index (χ1v) is 28.0. The summed E-state index contributed by atoms with van der Waals surface area (Å²) in [6, 6.07) is 41.2. The number of benzene rings is 4. The highest BCUT2D eigenvalue weighted by atomic mass is 15.1. The lowest BCUT2D eigenvalue weighted by molar-refractivity contribution is 0.678. The molecule has 0 bridgehead atoms. The Kier molecular flexibility index (Phi) is 27.1. The number of nitriles is 2. The summed E-state index contributed by atoms with van der Waals surface area (Å²) in [5.41, 5.74) is 11.4. The zero-order chi connectivity index (χ0) is 50.4. The summed E-state index contributed by atoms with van der Waals surface area (Å²) >= 11 is 0. The van der Waals surface area contributed by atoms with Crippen LogP contribution >= 0.6 is 0 Å². The maximum Gasteiger partial charge on any atom is 0.143 e. The average Bonchev–Trinajstić information content (AvgIpc) is 3.40. The smallest absolute Gasteiger partial charge is 0.143 e. The van der Waals surface area contributed by atoms with Gasteiger partial charge in [0.25, 0.3) is 0 Å². The number of rotatable bonds is 35. The molecule has 0 unspecified atom stereocenters. The van der Waals surface area contributed by atoms with Gasteiger partial charge in [0.1, 0.15) is 5.92 Å². The van der Waals surface area contributed by atoms with E-state index in [2.05, 4.69) is 196 Å². The first-order valence-electron chi connectivity index (χ1n) is 28.0. The minimum Gasteiger partial charge on any atom is -0.372 e. The van der Waals surface area contributed by atoms with Crippen molar-refractivity contribution in [2.75, 3.05) is 72.0 Å². The molecule has 0 fully saturated rings. The van der Waals surface area contributed by atoms with Crippen LogP contribution in [0.15, 0.2) is 109 Å². The van der Waals surface area contributed by atoms with E-state index in [9.17, 15) is 10.5 Å². The zero-order valence-electron chi connectivity index (χ0n) is 45.2. The molecule has 6 heteroatoms.